The predicted octanol–water partition coefficient (Wildman–Crippen LogP) is 3.35. The molecule has 2 aliphatic heterocycles. The molecule has 1 aromatic carbocycles. The molecule has 0 bridgehead atoms. The number of alkyl halides is 3. The maximum Gasteiger partial charge on any atom is 0.416 e. The molecule has 0 saturated carbocycles. The van der Waals surface area contributed by atoms with Gasteiger partial charge in [0.25, 0.3) is 5.91 Å². The Balaban J connectivity index is 2.07. The zero-order valence-corrected chi connectivity index (χ0v) is 16.6. The van der Waals surface area contributed by atoms with Gasteiger partial charge in [-0.3, -0.25) is 4.79 Å². The molecule has 2 heterocycles. The Morgan fingerprint density at radius 3 is 2.48 bits per heavy atom. The number of hydrogen-bond acceptors (Lipinski definition) is 4. The van der Waals surface area contributed by atoms with Gasteiger partial charge in [-0.15, -0.1) is 0 Å². The quantitative estimate of drug-likeness (QED) is 0.697. The van der Waals surface area contributed by atoms with Crippen molar-refractivity contribution < 1.29 is 26.4 Å². The average molecular weight is 420 g/mol. The van der Waals surface area contributed by atoms with E-state index in [-0.39, 0.29) is 27.6 Å². The van der Waals surface area contributed by atoms with E-state index in [0.29, 0.717) is 0 Å². The van der Waals surface area contributed by atoms with Crippen LogP contribution in [0.3, 0.4) is 0 Å². The van der Waals surface area contributed by atoms with Crippen LogP contribution < -0.4 is 4.90 Å². The molecule has 27 heavy (non-hydrogen) atoms. The van der Waals surface area contributed by atoms with Gasteiger partial charge in [0.1, 0.15) is 0 Å². The highest BCUT2D eigenvalue weighted by Crippen LogP contribution is 2.42. The number of halogens is 3. The van der Waals surface area contributed by atoms with Crippen LogP contribution in [-0.4, -0.2) is 42.3 Å². The molecule has 2 aliphatic rings. The van der Waals surface area contributed by atoms with Crippen LogP contribution in [0.5, 0.6) is 0 Å². The third-order valence-electron chi connectivity index (χ3n) is 4.36. The van der Waals surface area contributed by atoms with Crippen molar-refractivity contribution in [2.75, 3.05) is 16.4 Å². The monoisotopic (exact) mass is 420 g/mol. The molecule has 1 amide bonds. The topological polar surface area (TPSA) is 66.8 Å². The minimum atomic E-state index is -4.53. The van der Waals surface area contributed by atoms with Crippen molar-refractivity contribution in [1.82, 2.24) is 0 Å². The Morgan fingerprint density at radius 1 is 1.22 bits per heavy atom. The van der Waals surface area contributed by atoms with Gasteiger partial charge in [-0.25, -0.2) is 8.42 Å². The molecule has 148 valence electrons. The van der Waals surface area contributed by atoms with Crippen molar-refractivity contribution in [2.45, 2.75) is 38.2 Å². The highest BCUT2D eigenvalue weighted by atomic mass is 32.2. The van der Waals surface area contributed by atoms with E-state index >= 15 is 0 Å². The Labute approximate surface area is 159 Å². The van der Waals surface area contributed by atoms with Gasteiger partial charge in [0.05, 0.1) is 23.1 Å². The van der Waals surface area contributed by atoms with Gasteiger partial charge in [0.15, 0.2) is 15.0 Å². The maximum absolute atomic E-state index is 13.1. The van der Waals surface area contributed by atoms with Gasteiger partial charge < -0.3 is 4.90 Å². The molecular weight excluding hydrogens is 401 g/mol. The third kappa shape index (κ3) is 4.16. The summed E-state index contributed by atoms with van der Waals surface area (Å²) < 4.78 is 63.3. The summed E-state index contributed by atoms with van der Waals surface area (Å²) in [6.07, 6.45) is -4.53. The number of benzene rings is 1. The lowest BCUT2D eigenvalue weighted by molar-refractivity contribution is -0.137. The number of carbonyl (C=O) groups excluding carboxylic acids is 1. The second kappa shape index (κ2) is 6.51. The SMILES string of the molecule is CC(C)(C)C(=O)N=C1SC2CS(=O)(=O)CC2N1c1cccc(C(F)(F)F)c1. The highest BCUT2D eigenvalue weighted by Gasteiger charge is 2.50. The van der Waals surface area contributed by atoms with Crippen molar-refractivity contribution in [1.29, 1.82) is 0 Å². The predicted molar refractivity (Wildman–Crippen MR) is 99.6 cm³/mol. The van der Waals surface area contributed by atoms with E-state index in [0.717, 1.165) is 23.9 Å². The summed E-state index contributed by atoms with van der Waals surface area (Å²) in [4.78, 5) is 17.9. The molecule has 2 atom stereocenters. The van der Waals surface area contributed by atoms with E-state index in [2.05, 4.69) is 4.99 Å². The molecule has 0 radical (unpaired) electrons. The van der Waals surface area contributed by atoms with Crippen molar-refractivity contribution in [3.05, 3.63) is 29.8 Å². The summed E-state index contributed by atoms with van der Waals surface area (Å²) in [5.74, 6) is -0.672. The lowest BCUT2D eigenvalue weighted by atomic mass is 9.96. The van der Waals surface area contributed by atoms with Crippen molar-refractivity contribution >= 4 is 38.4 Å². The number of aliphatic imine (C=N–C) groups is 1. The van der Waals surface area contributed by atoms with E-state index in [1.54, 1.807) is 20.8 Å². The Bertz CT molecular complexity index is 905. The first-order valence-corrected chi connectivity index (χ1v) is 10.9. The Kier molecular flexibility index (Phi) is 4.87. The Morgan fingerprint density at radius 2 is 1.89 bits per heavy atom. The summed E-state index contributed by atoms with van der Waals surface area (Å²) in [6, 6.07) is 4.11. The van der Waals surface area contributed by atoms with Crippen LogP contribution in [0.25, 0.3) is 0 Å². The van der Waals surface area contributed by atoms with Crippen LogP contribution >= 0.6 is 11.8 Å². The second-order valence-electron chi connectivity index (χ2n) is 7.67. The number of nitrogens with zero attached hydrogens (tertiary/aromatic N) is 2. The van der Waals surface area contributed by atoms with Crippen LogP contribution in [0, 0.1) is 5.41 Å². The van der Waals surface area contributed by atoms with Crippen molar-refractivity contribution in [3.8, 4) is 0 Å². The van der Waals surface area contributed by atoms with Gasteiger partial charge >= 0.3 is 6.18 Å². The number of amidine groups is 1. The zero-order valence-electron chi connectivity index (χ0n) is 14.9. The number of thioether (sulfide) groups is 1. The fourth-order valence-corrected chi connectivity index (χ4v) is 6.87. The molecule has 2 unspecified atom stereocenters. The van der Waals surface area contributed by atoms with Crippen LogP contribution in [0.4, 0.5) is 18.9 Å². The lowest BCUT2D eigenvalue weighted by Crippen LogP contribution is -2.38. The summed E-state index contributed by atoms with van der Waals surface area (Å²) in [7, 11) is -3.29. The standard InChI is InChI=1S/C17H19F3N2O3S2/c1-16(2,3)14(23)21-15-22(12-8-27(24,25)9-13(12)26-15)11-6-4-5-10(7-11)17(18,19)20/h4-7,12-13H,8-9H2,1-3H3. The van der Waals surface area contributed by atoms with E-state index in [1.807, 2.05) is 0 Å². The minimum absolute atomic E-state index is 0.0828. The molecule has 0 aliphatic carbocycles. The first-order valence-electron chi connectivity index (χ1n) is 8.25. The van der Waals surface area contributed by atoms with E-state index in [1.165, 1.54) is 17.0 Å². The number of amides is 1. The number of anilines is 1. The Hall–Kier alpha value is -1.55. The molecule has 1 aromatic rings. The first-order chi connectivity index (χ1) is 12.3. The largest absolute Gasteiger partial charge is 0.416 e. The van der Waals surface area contributed by atoms with Gasteiger partial charge in [0.2, 0.25) is 0 Å². The molecule has 0 N–H and O–H groups in total. The van der Waals surface area contributed by atoms with Gasteiger partial charge in [-0.1, -0.05) is 38.6 Å². The normalized spacial score (nSPS) is 26.4. The van der Waals surface area contributed by atoms with Crippen LogP contribution in [0.15, 0.2) is 29.3 Å². The minimum Gasteiger partial charge on any atom is -0.316 e. The zero-order chi connectivity index (χ0) is 20.2. The van der Waals surface area contributed by atoms with Crippen molar-refractivity contribution in [2.24, 2.45) is 10.4 Å². The maximum atomic E-state index is 13.1. The number of rotatable bonds is 1. The fourth-order valence-electron chi connectivity index (χ4n) is 2.95. The lowest BCUT2D eigenvalue weighted by Gasteiger charge is -2.26. The van der Waals surface area contributed by atoms with Crippen LogP contribution in [0.2, 0.25) is 0 Å². The third-order valence-corrected chi connectivity index (χ3v) is 7.57. The number of fused-ring (bicyclic) bond motifs is 1. The number of sulfone groups is 1. The van der Waals surface area contributed by atoms with Gasteiger partial charge in [-0.05, 0) is 18.2 Å². The summed E-state index contributed by atoms with van der Waals surface area (Å²) in [5, 5.41) is -0.116. The molecule has 3 rings (SSSR count). The summed E-state index contributed by atoms with van der Waals surface area (Å²) >= 11 is 1.14. The number of hydrogen-bond donors (Lipinski definition) is 0. The highest BCUT2D eigenvalue weighted by molar-refractivity contribution is 8.16. The van der Waals surface area contributed by atoms with Gasteiger partial charge in [-0.2, -0.15) is 18.2 Å². The molecule has 2 fully saturated rings. The van der Waals surface area contributed by atoms with Crippen LogP contribution in [-0.2, 0) is 20.8 Å². The fraction of sp³-hybridized carbons (Fsp3) is 0.529. The molecular formula is C17H19F3N2O3S2. The molecule has 0 spiro atoms. The van der Waals surface area contributed by atoms with Gasteiger partial charge in [0, 0.05) is 16.4 Å². The van der Waals surface area contributed by atoms with Crippen LogP contribution in [0.1, 0.15) is 26.3 Å². The first kappa shape index (κ1) is 20.2. The molecule has 10 heteroatoms. The summed E-state index contributed by atoms with van der Waals surface area (Å²) in [5.41, 5.74) is -1.41. The smallest absolute Gasteiger partial charge is 0.316 e. The average Bonchev–Trinajstić information content (AvgIpc) is 2.96. The van der Waals surface area contributed by atoms with E-state index in [4.69, 9.17) is 0 Å². The van der Waals surface area contributed by atoms with E-state index < -0.39 is 38.9 Å². The molecule has 0 aromatic heterocycles. The number of carbonyl (C=O) groups is 1. The molecule has 2 saturated heterocycles. The van der Waals surface area contributed by atoms with Crippen molar-refractivity contribution in [3.63, 3.8) is 0 Å². The van der Waals surface area contributed by atoms with E-state index in [9.17, 15) is 26.4 Å². The molecule has 5 nitrogen and oxygen atoms in total. The second-order valence-corrected chi connectivity index (χ2v) is 11.0. The summed E-state index contributed by atoms with van der Waals surface area (Å²) in [6.45, 7) is 5.08.